The summed E-state index contributed by atoms with van der Waals surface area (Å²) in [6, 6.07) is 13.8. The molecule has 0 aliphatic rings. The van der Waals surface area contributed by atoms with E-state index in [0.29, 0.717) is 18.5 Å². The van der Waals surface area contributed by atoms with Crippen LogP contribution in [0.2, 0.25) is 0 Å². The van der Waals surface area contributed by atoms with E-state index >= 15 is 0 Å². The average molecular weight is 441 g/mol. The zero-order chi connectivity index (χ0) is 22.4. The van der Waals surface area contributed by atoms with E-state index in [9.17, 15) is 9.18 Å². The number of hydrogen-bond donors (Lipinski definition) is 3. The number of rotatable bonds is 7. The molecule has 1 aromatic heterocycles. The Bertz CT molecular complexity index is 1060. The van der Waals surface area contributed by atoms with E-state index in [2.05, 4.69) is 15.6 Å². The molecule has 0 bridgehead atoms. The quantitative estimate of drug-likeness (QED) is 0.255. The van der Waals surface area contributed by atoms with Crippen molar-refractivity contribution in [2.75, 3.05) is 17.7 Å². The second-order valence-corrected chi connectivity index (χ2v) is 8.79. The van der Waals surface area contributed by atoms with Crippen molar-refractivity contribution >= 4 is 34.6 Å². The molecule has 3 N–H and O–H groups in total. The van der Waals surface area contributed by atoms with Gasteiger partial charge >= 0.3 is 5.97 Å². The van der Waals surface area contributed by atoms with Gasteiger partial charge in [-0.2, -0.15) is 0 Å². The van der Waals surface area contributed by atoms with Crippen LogP contribution in [0.25, 0.3) is 10.4 Å². The number of carbonyl (C=O) groups is 1. The van der Waals surface area contributed by atoms with Crippen molar-refractivity contribution in [2.24, 2.45) is 5.41 Å². The molecule has 31 heavy (non-hydrogen) atoms. The first-order chi connectivity index (χ1) is 14.8. The van der Waals surface area contributed by atoms with Gasteiger partial charge < -0.3 is 15.4 Å². The summed E-state index contributed by atoms with van der Waals surface area (Å²) in [5, 5.41) is 14.6. The number of thiazole rings is 1. The summed E-state index contributed by atoms with van der Waals surface area (Å²) in [6.45, 7) is 3.75. The Kier molecular flexibility index (Phi) is 7.02. The van der Waals surface area contributed by atoms with Gasteiger partial charge in [0.2, 0.25) is 0 Å². The van der Waals surface area contributed by atoms with Crippen molar-refractivity contribution in [3.63, 3.8) is 0 Å². The summed E-state index contributed by atoms with van der Waals surface area (Å²) in [4.78, 5) is 17.3. The third-order valence-corrected chi connectivity index (χ3v) is 5.93. The van der Waals surface area contributed by atoms with Gasteiger partial charge in [0, 0.05) is 18.3 Å². The Labute approximate surface area is 185 Å². The lowest BCUT2D eigenvalue weighted by atomic mass is 9.88. The molecule has 0 atom stereocenters. The smallest absolute Gasteiger partial charge is 0.311 e. The monoisotopic (exact) mass is 440 g/mol. The van der Waals surface area contributed by atoms with Gasteiger partial charge in [0.05, 0.1) is 28.1 Å². The molecule has 0 saturated heterocycles. The lowest BCUT2D eigenvalue weighted by Gasteiger charge is -2.20. The molecule has 0 radical (unpaired) electrons. The van der Waals surface area contributed by atoms with E-state index in [4.69, 9.17) is 10.1 Å². The van der Waals surface area contributed by atoms with E-state index in [0.717, 1.165) is 15.4 Å². The first-order valence-corrected chi connectivity index (χ1v) is 10.6. The van der Waals surface area contributed by atoms with Crippen LogP contribution in [0.5, 0.6) is 0 Å². The highest BCUT2D eigenvalue weighted by Crippen LogP contribution is 2.30. The zero-order valence-corrected chi connectivity index (χ0v) is 18.5. The van der Waals surface area contributed by atoms with Crippen molar-refractivity contribution in [1.29, 1.82) is 5.41 Å². The highest BCUT2D eigenvalue weighted by Gasteiger charge is 2.28. The maximum atomic E-state index is 13.7. The second kappa shape index (κ2) is 9.70. The largest absolute Gasteiger partial charge is 0.469 e. The number of aromatic nitrogens is 1. The number of esters is 1. The van der Waals surface area contributed by atoms with E-state index in [1.807, 2.05) is 44.3 Å². The van der Waals surface area contributed by atoms with Crippen molar-refractivity contribution in [1.82, 2.24) is 4.98 Å². The molecule has 0 saturated carbocycles. The standard InChI is InChI=1S/C23H25FN4O2S/c1-23(2,21(29)30-3)13-12-20-26-14-19(31-20)15-8-10-16(11-9-15)27-22(25)28-18-7-5-4-6-17(18)24/h4-11,14H,12-13H2,1-3H3,(H3,25,27,28). The fourth-order valence-corrected chi connectivity index (χ4v) is 3.87. The molecule has 0 spiro atoms. The van der Waals surface area contributed by atoms with E-state index in [1.165, 1.54) is 13.2 Å². The van der Waals surface area contributed by atoms with Gasteiger partial charge in [-0.3, -0.25) is 10.2 Å². The van der Waals surface area contributed by atoms with Crippen molar-refractivity contribution in [2.45, 2.75) is 26.7 Å². The van der Waals surface area contributed by atoms with Crippen LogP contribution < -0.4 is 10.6 Å². The summed E-state index contributed by atoms with van der Waals surface area (Å²) in [7, 11) is 1.40. The Morgan fingerprint density at radius 2 is 1.87 bits per heavy atom. The van der Waals surface area contributed by atoms with Crippen LogP contribution in [0, 0.1) is 16.6 Å². The maximum Gasteiger partial charge on any atom is 0.311 e. The molecule has 1 heterocycles. The number of para-hydroxylation sites is 1. The van der Waals surface area contributed by atoms with Gasteiger partial charge in [-0.15, -0.1) is 11.3 Å². The maximum absolute atomic E-state index is 13.7. The van der Waals surface area contributed by atoms with Gasteiger partial charge in [0.15, 0.2) is 5.96 Å². The minimum Gasteiger partial charge on any atom is -0.469 e. The molecular weight excluding hydrogens is 415 g/mol. The minimum atomic E-state index is -0.547. The lowest BCUT2D eigenvalue weighted by molar-refractivity contribution is -0.151. The van der Waals surface area contributed by atoms with Gasteiger partial charge in [-0.1, -0.05) is 24.3 Å². The minimum absolute atomic E-state index is 0.0221. The number of nitrogens with zero attached hydrogens (tertiary/aromatic N) is 1. The van der Waals surface area contributed by atoms with Crippen LogP contribution in [0.15, 0.2) is 54.7 Å². The number of anilines is 2. The van der Waals surface area contributed by atoms with Crippen LogP contribution in [-0.2, 0) is 16.0 Å². The predicted molar refractivity (Wildman–Crippen MR) is 123 cm³/mol. The molecule has 3 rings (SSSR count). The average Bonchev–Trinajstić information content (AvgIpc) is 3.23. The van der Waals surface area contributed by atoms with Crippen LogP contribution >= 0.6 is 11.3 Å². The predicted octanol–water partition coefficient (Wildman–Crippen LogP) is 5.54. The molecule has 0 amide bonds. The Morgan fingerprint density at radius 1 is 1.16 bits per heavy atom. The summed E-state index contributed by atoms with van der Waals surface area (Å²) < 4.78 is 18.6. The molecule has 0 aliphatic carbocycles. The first kappa shape index (κ1) is 22.4. The Morgan fingerprint density at radius 3 is 2.55 bits per heavy atom. The number of carbonyl (C=O) groups excluding carboxylic acids is 1. The molecule has 0 aliphatic heterocycles. The van der Waals surface area contributed by atoms with Crippen LogP contribution in [0.4, 0.5) is 15.8 Å². The van der Waals surface area contributed by atoms with Crippen LogP contribution in [-0.4, -0.2) is 24.0 Å². The van der Waals surface area contributed by atoms with Crippen molar-refractivity contribution in [3.05, 3.63) is 65.6 Å². The van der Waals surface area contributed by atoms with E-state index in [-0.39, 0.29) is 17.6 Å². The first-order valence-electron chi connectivity index (χ1n) is 9.79. The Hall–Kier alpha value is -3.26. The molecular formula is C23H25FN4O2S. The van der Waals surface area contributed by atoms with E-state index in [1.54, 1.807) is 29.5 Å². The highest BCUT2D eigenvalue weighted by molar-refractivity contribution is 7.15. The number of nitrogens with one attached hydrogen (secondary N) is 3. The number of guanidine groups is 1. The van der Waals surface area contributed by atoms with Crippen LogP contribution in [0.3, 0.4) is 0 Å². The van der Waals surface area contributed by atoms with E-state index < -0.39 is 11.2 Å². The number of ether oxygens (including phenoxy) is 1. The SMILES string of the molecule is COC(=O)C(C)(C)CCc1ncc(-c2ccc(NC(=N)Nc3ccccc3F)cc2)s1. The van der Waals surface area contributed by atoms with Crippen molar-refractivity contribution in [3.8, 4) is 10.4 Å². The fourth-order valence-electron chi connectivity index (χ4n) is 2.95. The molecule has 6 nitrogen and oxygen atoms in total. The molecule has 162 valence electrons. The zero-order valence-electron chi connectivity index (χ0n) is 17.7. The third kappa shape index (κ3) is 5.88. The van der Waals surface area contributed by atoms with Gasteiger partial charge in [-0.05, 0) is 50.1 Å². The lowest BCUT2D eigenvalue weighted by Crippen LogP contribution is -2.26. The van der Waals surface area contributed by atoms with Crippen LogP contribution in [0.1, 0.15) is 25.3 Å². The third-order valence-electron chi connectivity index (χ3n) is 4.83. The molecule has 8 heteroatoms. The normalized spacial score (nSPS) is 11.1. The van der Waals surface area contributed by atoms with Gasteiger partial charge in [0.1, 0.15) is 5.82 Å². The second-order valence-electron chi connectivity index (χ2n) is 7.68. The highest BCUT2D eigenvalue weighted by atomic mass is 32.1. The van der Waals surface area contributed by atoms with Gasteiger partial charge in [-0.25, -0.2) is 9.37 Å². The number of aryl methyl sites for hydroxylation is 1. The summed E-state index contributed by atoms with van der Waals surface area (Å²) in [5.74, 6) is -0.658. The summed E-state index contributed by atoms with van der Waals surface area (Å²) in [6.07, 6.45) is 3.19. The molecule has 3 aromatic rings. The molecule has 0 fully saturated rings. The van der Waals surface area contributed by atoms with Gasteiger partial charge in [0.25, 0.3) is 0 Å². The summed E-state index contributed by atoms with van der Waals surface area (Å²) >= 11 is 1.59. The van der Waals surface area contributed by atoms with Crippen molar-refractivity contribution < 1.29 is 13.9 Å². The fraction of sp³-hybridized carbons (Fsp3) is 0.261. The number of hydrogen-bond acceptors (Lipinski definition) is 5. The summed E-state index contributed by atoms with van der Waals surface area (Å²) in [5.41, 5.74) is 1.41. The molecule has 0 unspecified atom stereocenters. The topological polar surface area (TPSA) is 87.1 Å². The Balaban J connectivity index is 1.58. The number of methoxy groups -OCH3 is 1. The molecule has 2 aromatic carbocycles. The number of benzene rings is 2. The number of halogens is 1.